The van der Waals surface area contributed by atoms with E-state index >= 15 is 0 Å². The summed E-state index contributed by atoms with van der Waals surface area (Å²) in [5.41, 5.74) is -0.370. The molecular weight excluding hydrogens is 403 g/mol. The molecule has 3 nitrogen and oxygen atoms in total. The third kappa shape index (κ3) is 5.24. The average molecular weight is 425 g/mol. The molecule has 0 fully saturated rings. The van der Waals surface area contributed by atoms with Gasteiger partial charge >= 0.3 is 5.97 Å². The van der Waals surface area contributed by atoms with Crippen LogP contribution in [0, 0.1) is 28.8 Å². The van der Waals surface area contributed by atoms with E-state index in [0.29, 0.717) is 17.4 Å². The Bertz CT molecular complexity index is 1130. The molecule has 0 amide bonds. The molecule has 0 saturated carbocycles. The predicted octanol–water partition coefficient (Wildman–Crippen LogP) is 6.86. The summed E-state index contributed by atoms with van der Waals surface area (Å²) < 4.78 is 48.2. The number of aryl methyl sites for hydroxylation is 1. The number of nitriles is 1. The van der Waals surface area contributed by atoms with Crippen LogP contribution in [0.25, 0.3) is 10.8 Å². The maximum absolute atomic E-state index is 14.5. The van der Waals surface area contributed by atoms with Gasteiger partial charge in [0.25, 0.3) is 0 Å². The van der Waals surface area contributed by atoms with Crippen molar-refractivity contribution in [3.8, 4) is 11.8 Å². The van der Waals surface area contributed by atoms with Gasteiger partial charge in [0.1, 0.15) is 34.8 Å². The third-order valence-corrected chi connectivity index (χ3v) is 5.13. The maximum atomic E-state index is 14.5. The van der Waals surface area contributed by atoms with E-state index in [2.05, 4.69) is 6.92 Å². The van der Waals surface area contributed by atoms with Crippen molar-refractivity contribution in [2.75, 3.05) is 0 Å². The SMILES string of the molecule is CCCCCCCc1cc(F)c(C(=O)Oc2ccc3c(F)c(C#N)ccc3c2)c(F)c1. The number of nitrogens with zero attached hydrogens (tertiary/aromatic N) is 1. The summed E-state index contributed by atoms with van der Waals surface area (Å²) >= 11 is 0. The fourth-order valence-corrected chi connectivity index (χ4v) is 3.48. The fraction of sp³-hybridized carbons (Fsp3) is 0.280. The summed E-state index contributed by atoms with van der Waals surface area (Å²) in [6, 6.07) is 10.9. The summed E-state index contributed by atoms with van der Waals surface area (Å²) in [6.45, 7) is 2.11. The van der Waals surface area contributed by atoms with Gasteiger partial charge in [-0.2, -0.15) is 5.26 Å². The van der Waals surface area contributed by atoms with E-state index in [4.69, 9.17) is 10.00 Å². The molecule has 31 heavy (non-hydrogen) atoms. The van der Waals surface area contributed by atoms with Gasteiger partial charge in [0.15, 0.2) is 0 Å². The van der Waals surface area contributed by atoms with Crippen molar-refractivity contribution >= 4 is 16.7 Å². The van der Waals surface area contributed by atoms with Gasteiger partial charge in [-0.15, -0.1) is 0 Å². The first-order valence-corrected chi connectivity index (χ1v) is 10.3. The Labute approximate surface area is 179 Å². The third-order valence-electron chi connectivity index (χ3n) is 5.13. The number of hydrogen-bond acceptors (Lipinski definition) is 3. The smallest absolute Gasteiger partial charge is 0.349 e. The number of hydrogen-bond donors (Lipinski definition) is 0. The van der Waals surface area contributed by atoms with Crippen molar-refractivity contribution in [1.82, 2.24) is 0 Å². The summed E-state index contributed by atoms with van der Waals surface area (Å²) in [6.07, 6.45) is 5.68. The molecule has 3 rings (SSSR count). The van der Waals surface area contributed by atoms with E-state index in [1.165, 1.54) is 42.5 Å². The fourth-order valence-electron chi connectivity index (χ4n) is 3.48. The predicted molar refractivity (Wildman–Crippen MR) is 112 cm³/mol. The second-order valence-electron chi connectivity index (χ2n) is 7.41. The summed E-state index contributed by atoms with van der Waals surface area (Å²) in [7, 11) is 0. The lowest BCUT2D eigenvalue weighted by molar-refractivity contribution is 0.0725. The molecule has 3 aromatic rings. The number of fused-ring (bicyclic) bond motifs is 1. The van der Waals surface area contributed by atoms with E-state index in [9.17, 15) is 18.0 Å². The quantitative estimate of drug-likeness (QED) is 0.225. The highest BCUT2D eigenvalue weighted by Gasteiger charge is 2.21. The van der Waals surface area contributed by atoms with E-state index in [1.54, 1.807) is 6.07 Å². The number of benzene rings is 3. The Morgan fingerprint density at radius 3 is 2.35 bits per heavy atom. The molecule has 3 aromatic carbocycles. The molecule has 0 aliphatic carbocycles. The van der Waals surface area contributed by atoms with Crippen LogP contribution in [0.1, 0.15) is 60.5 Å². The van der Waals surface area contributed by atoms with Crippen molar-refractivity contribution in [3.63, 3.8) is 0 Å². The van der Waals surface area contributed by atoms with E-state index in [-0.39, 0.29) is 16.7 Å². The van der Waals surface area contributed by atoms with Crippen molar-refractivity contribution < 1.29 is 22.7 Å². The lowest BCUT2D eigenvalue weighted by atomic mass is 10.0. The molecule has 0 spiro atoms. The molecule has 0 aliphatic heterocycles. The highest BCUT2D eigenvalue weighted by atomic mass is 19.1. The number of ether oxygens (including phenoxy) is 1. The Balaban J connectivity index is 1.75. The Kier molecular flexibility index (Phi) is 7.30. The van der Waals surface area contributed by atoms with Crippen LogP contribution < -0.4 is 4.74 Å². The van der Waals surface area contributed by atoms with E-state index in [0.717, 1.165) is 32.1 Å². The largest absolute Gasteiger partial charge is 0.423 e. The lowest BCUT2D eigenvalue weighted by Crippen LogP contribution is -2.14. The zero-order valence-electron chi connectivity index (χ0n) is 17.2. The van der Waals surface area contributed by atoms with Crippen molar-refractivity contribution in [1.29, 1.82) is 5.26 Å². The number of unbranched alkanes of at least 4 members (excludes halogenated alkanes) is 4. The monoisotopic (exact) mass is 425 g/mol. The van der Waals surface area contributed by atoms with E-state index < -0.39 is 29.0 Å². The maximum Gasteiger partial charge on any atom is 0.349 e. The van der Waals surface area contributed by atoms with Crippen LogP contribution in [0.2, 0.25) is 0 Å². The van der Waals surface area contributed by atoms with Crippen molar-refractivity contribution in [2.45, 2.75) is 45.4 Å². The zero-order valence-corrected chi connectivity index (χ0v) is 17.2. The average Bonchev–Trinajstić information content (AvgIpc) is 2.73. The first-order chi connectivity index (χ1) is 14.9. The molecular formula is C25H22F3NO2. The number of halogens is 3. The summed E-state index contributed by atoms with van der Waals surface area (Å²) in [5, 5.41) is 9.47. The van der Waals surface area contributed by atoms with Crippen LogP contribution in [0.5, 0.6) is 5.75 Å². The topological polar surface area (TPSA) is 50.1 Å². The minimum atomic E-state index is -1.17. The van der Waals surface area contributed by atoms with Gasteiger partial charge in [-0.1, -0.05) is 38.7 Å². The highest BCUT2D eigenvalue weighted by molar-refractivity contribution is 5.93. The molecule has 0 saturated heterocycles. The van der Waals surface area contributed by atoms with Crippen LogP contribution in [-0.4, -0.2) is 5.97 Å². The minimum absolute atomic E-state index is 0.0143. The van der Waals surface area contributed by atoms with Gasteiger partial charge in [0.05, 0.1) is 5.56 Å². The second-order valence-corrected chi connectivity index (χ2v) is 7.41. The van der Waals surface area contributed by atoms with Crippen LogP contribution in [0.15, 0.2) is 42.5 Å². The standard InChI is InChI=1S/C25H22F3NO2/c1-2-3-4-5-6-7-16-12-21(26)23(22(27)13-16)25(30)31-19-10-11-20-17(14-19)8-9-18(15-29)24(20)28/h8-14H,2-7H2,1H3. The lowest BCUT2D eigenvalue weighted by Gasteiger charge is -2.10. The molecule has 0 N–H and O–H groups in total. The molecule has 160 valence electrons. The molecule has 0 unspecified atom stereocenters. The van der Waals surface area contributed by atoms with Crippen LogP contribution in [-0.2, 0) is 6.42 Å². The molecule has 0 radical (unpaired) electrons. The van der Waals surface area contributed by atoms with Crippen LogP contribution in [0.4, 0.5) is 13.2 Å². The minimum Gasteiger partial charge on any atom is -0.423 e. The van der Waals surface area contributed by atoms with Crippen LogP contribution >= 0.6 is 0 Å². The zero-order chi connectivity index (χ0) is 22.4. The van der Waals surface area contributed by atoms with Crippen molar-refractivity contribution in [2.24, 2.45) is 0 Å². The highest BCUT2D eigenvalue weighted by Crippen LogP contribution is 2.26. The Morgan fingerprint density at radius 2 is 1.68 bits per heavy atom. The van der Waals surface area contributed by atoms with Crippen LogP contribution in [0.3, 0.4) is 0 Å². The number of carbonyl (C=O) groups is 1. The first kappa shape index (κ1) is 22.4. The summed E-state index contributed by atoms with van der Waals surface area (Å²) in [4.78, 5) is 12.4. The van der Waals surface area contributed by atoms with Gasteiger partial charge < -0.3 is 4.74 Å². The molecule has 0 heterocycles. The van der Waals surface area contributed by atoms with Gasteiger partial charge in [-0.3, -0.25) is 0 Å². The normalized spacial score (nSPS) is 10.8. The van der Waals surface area contributed by atoms with Gasteiger partial charge in [0, 0.05) is 5.39 Å². The summed E-state index contributed by atoms with van der Waals surface area (Å²) in [5.74, 6) is -3.78. The molecule has 0 bridgehead atoms. The molecule has 0 atom stereocenters. The molecule has 0 aromatic heterocycles. The number of carbonyl (C=O) groups excluding carboxylic acids is 1. The Hall–Kier alpha value is -3.33. The van der Waals surface area contributed by atoms with Gasteiger partial charge in [0.2, 0.25) is 0 Å². The second kappa shape index (κ2) is 10.1. The number of esters is 1. The van der Waals surface area contributed by atoms with Gasteiger partial charge in [-0.05, 0) is 60.2 Å². The first-order valence-electron chi connectivity index (χ1n) is 10.3. The van der Waals surface area contributed by atoms with E-state index in [1.807, 2.05) is 0 Å². The van der Waals surface area contributed by atoms with Gasteiger partial charge in [-0.25, -0.2) is 18.0 Å². The Morgan fingerprint density at radius 1 is 0.968 bits per heavy atom. The molecule has 6 heteroatoms. The van der Waals surface area contributed by atoms with Crippen molar-refractivity contribution in [3.05, 3.63) is 76.6 Å². The number of rotatable bonds is 8. The molecule has 0 aliphatic rings.